The molecule has 0 radical (unpaired) electrons. The number of hydrogen-bond acceptors (Lipinski definition) is 3. The Kier molecular flexibility index (Phi) is 5.37. The smallest absolute Gasteiger partial charge is 0.260 e. The Morgan fingerprint density at radius 2 is 1.77 bits per heavy atom. The van der Waals surface area contributed by atoms with Gasteiger partial charge < -0.3 is 4.84 Å². The van der Waals surface area contributed by atoms with E-state index in [4.69, 9.17) is 4.84 Å². The minimum atomic E-state index is -0.0831. The summed E-state index contributed by atoms with van der Waals surface area (Å²) in [5.74, 6) is 0.418. The van der Waals surface area contributed by atoms with Crippen LogP contribution in [0.2, 0.25) is 0 Å². The zero-order valence-corrected chi connectivity index (χ0v) is 15.3. The largest absolute Gasteiger partial charge is 0.351 e. The van der Waals surface area contributed by atoms with Crippen molar-refractivity contribution in [2.45, 2.75) is 33.6 Å². The second-order valence-corrected chi connectivity index (χ2v) is 6.19. The van der Waals surface area contributed by atoms with Gasteiger partial charge in [0, 0.05) is 12.5 Å². The van der Waals surface area contributed by atoms with E-state index in [-0.39, 0.29) is 5.91 Å². The number of hydroxylamine groups is 1. The zero-order chi connectivity index (χ0) is 18.5. The molecule has 1 aromatic heterocycles. The summed E-state index contributed by atoms with van der Waals surface area (Å²) in [4.78, 5) is 18.8. The van der Waals surface area contributed by atoms with E-state index in [2.05, 4.69) is 5.10 Å². The molecule has 0 aliphatic carbocycles. The van der Waals surface area contributed by atoms with E-state index >= 15 is 0 Å². The summed E-state index contributed by atoms with van der Waals surface area (Å²) in [5.41, 5.74) is 3.41. The quantitative estimate of drug-likeness (QED) is 0.610. The number of carbonyl (C=O) groups is 1. The molecule has 0 spiro atoms. The van der Waals surface area contributed by atoms with E-state index in [0.717, 1.165) is 29.1 Å². The van der Waals surface area contributed by atoms with Crippen molar-refractivity contribution in [2.75, 3.05) is 5.06 Å². The van der Waals surface area contributed by atoms with Crippen molar-refractivity contribution in [1.82, 2.24) is 9.78 Å². The van der Waals surface area contributed by atoms with Crippen molar-refractivity contribution in [3.63, 3.8) is 0 Å². The summed E-state index contributed by atoms with van der Waals surface area (Å²) >= 11 is 0. The molecule has 5 heteroatoms. The summed E-state index contributed by atoms with van der Waals surface area (Å²) in [5, 5.41) is 5.89. The van der Waals surface area contributed by atoms with Gasteiger partial charge in [-0.1, -0.05) is 43.3 Å². The molecule has 1 heterocycles. The monoisotopic (exact) mass is 349 g/mol. The molecule has 0 saturated carbocycles. The van der Waals surface area contributed by atoms with Gasteiger partial charge in [0.1, 0.15) is 0 Å². The number of amides is 1. The molecule has 134 valence electrons. The van der Waals surface area contributed by atoms with Crippen LogP contribution in [0.5, 0.6) is 5.88 Å². The van der Waals surface area contributed by atoms with E-state index in [1.165, 1.54) is 5.06 Å². The average molecular weight is 349 g/mol. The van der Waals surface area contributed by atoms with Gasteiger partial charge in [0.25, 0.3) is 5.91 Å². The summed E-state index contributed by atoms with van der Waals surface area (Å²) < 4.78 is 1.71. The molecule has 0 aliphatic rings. The van der Waals surface area contributed by atoms with Gasteiger partial charge in [-0.2, -0.15) is 9.78 Å². The second kappa shape index (κ2) is 7.87. The molecule has 0 atom stereocenters. The van der Waals surface area contributed by atoms with Gasteiger partial charge in [0.2, 0.25) is 5.88 Å². The lowest BCUT2D eigenvalue weighted by atomic mass is 10.2. The number of para-hydroxylation sites is 2. The van der Waals surface area contributed by atoms with Crippen LogP contribution in [-0.4, -0.2) is 15.7 Å². The number of hydrogen-bond donors (Lipinski definition) is 0. The van der Waals surface area contributed by atoms with Gasteiger partial charge >= 0.3 is 0 Å². The molecule has 26 heavy (non-hydrogen) atoms. The molecule has 3 aromatic rings. The van der Waals surface area contributed by atoms with Crippen LogP contribution in [-0.2, 0) is 4.79 Å². The number of aryl methyl sites for hydroxylation is 2. The van der Waals surface area contributed by atoms with Crippen molar-refractivity contribution >= 4 is 11.6 Å². The molecule has 0 bridgehead atoms. The predicted octanol–water partition coefficient (Wildman–Crippen LogP) is 4.62. The molecular formula is C21H23N3O2. The zero-order valence-electron chi connectivity index (χ0n) is 15.3. The van der Waals surface area contributed by atoms with E-state index in [1.807, 2.05) is 81.4 Å². The Labute approximate surface area is 153 Å². The lowest BCUT2D eigenvalue weighted by molar-refractivity contribution is -0.122. The molecule has 0 aliphatic heterocycles. The third kappa shape index (κ3) is 3.77. The molecule has 0 saturated heterocycles. The Morgan fingerprint density at radius 1 is 1.08 bits per heavy atom. The maximum atomic E-state index is 12.7. The Bertz CT molecular complexity index is 887. The maximum absolute atomic E-state index is 12.7. The second-order valence-electron chi connectivity index (χ2n) is 6.19. The molecule has 2 aromatic carbocycles. The van der Waals surface area contributed by atoms with E-state index in [1.54, 1.807) is 4.68 Å². The van der Waals surface area contributed by atoms with E-state index in [0.29, 0.717) is 12.3 Å². The Hall–Kier alpha value is -3.08. The molecule has 0 N–H and O–H groups in total. The molecule has 3 rings (SSSR count). The number of aromatic nitrogens is 2. The van der Waals surface area contributed by atoms with Crippen molar-refractivity contribution in [3.05, 3.63) is 71.9 Å². The highest BCUT2D eigenvalue weighted by molar-refractivity contribution is 5.92. The van der Waals surface area contributed by atoms with Crippen LogP contribution >= 0.6 is 0 Å². The van der Waals surface area contributed by atoms with Crippen molar-refractivity contribution in [1.29, 1.82) is 0 Å². The predicted molar refractivity (Wildman–Crippen MR) is 103 cm³/mol. The first-order valence-corrected chi connectivity index (χ1v) is 8.78. The molecular weight excluding hydrogens is 326 g/mol. The van der Waals surface area contributed by atoms with Gasteiger partial charge in [-0.05, 0) is 44.0 Å². The van der Waals surface area contributed by atoms with Gasteiger partial charge in [-0.25, -0.2) is 0 Å². The molecule has 1 amide bonds. The van der Waals surface area contributed by atoms with Crippen LogP contribution in [0.25, 0.3) is 5.69 Å². The lowest BCUT2D eigenvalue weighted by Gasteiger charge is -2.24. The van der Waals surface area contributed by atoms with Crippen LogP contribution < -0.4 is 9.90 Å². The molecule has 0 fully saturated rings. The van der Waals surface area contributed by atoms with Crippen molar-refractivity contribution in [2.24, 2.45) is 0 Å². The number of anilines is 1. The number of carbonyl (C=O) groups excluding carboxylic acids is 1. The van der Waals surface area contributed by atoms with Crippen LogP contribution in [0.4, 0.5) is 5.69 Å². The third-order valence-corrected chi connectivity index (χ3v) is 4.01. The fraction of sp³-hybridized carbons (Fsp3) is 0.238. The average Bonchev–Trinajstić information content (AvgIpc) is 3.02. The minimum absolute atomic E-state index is 0.0831. The van der Waals surface area contributed by atoms with Crippen molar-refractivity contribution < 1.29 is 9.63 Å². The summed E-state index contributed by atoms with van der Waals surface area (Å²) in [6.07, 6.45) is 1.16. The highest BCUT2D eigenvalue weighted by Crippen LogP contribution is 2.26. The first-order valence-electron chi connectivity index (χ1n) is 8.78. The van der Waals surface area contributed by atoms with Crippen LogP contribution in [0.1, 0.15) is 31.0 Å². The minimum Gasteiger partial charge on any atom is -0.351 e. The Morgan fingerprint density at radius 3 is 2.46 bits per heavy atom. The third-order valence-electron chi connectivity index (χ3n) is 4.01. The fourth-order valence-corrected chi connectivity index (χ4v) is 2.73. The van der Waals surface area contributed by atoms with Gasteiger partial charge in [-0.15, -0.1) is 5.06 Å². The fourth-order valence-electron chi connectivity index (χ4n) is 2.73. The van der Waals surface area contributed by atoms with Crippen LogP contribution in [0, 0.1) is 13.8 Å². The highest BCUT2D eigenvalue weighted by Gasteiger charge is 2.22. The van der Waals surface area contributed by atoms with Crippen LogP contribution in [0.3, 0.4) is 0 Å². The summed E-state index contributed by atoms with van der Waals surface area (Å²) in [7, 11) is 0. The highest BCUT2D eigenvalue weighted by atomic mass is 16.7. The van der Waals surface area contributed by atoms with Gasteiger partial charge in [0.05, 0.1) is 17.1 Å². The normalized spacial score (nSPS) is 10.6. The van der Waals surface area contributed by atoms with Gasteiger partial charge in [-0.3, -0.25) is 4.79 Å². The lowest BCUT2D eigenvalue weighted by Crippen LogP contribution is -2.35. The topological polar surface area (TPSA) is 47.4 Å². The summed E-state index contributed by atoms with van der Waals surface area (Å²) in [6, 6.07) is 19.3. The van der Waals surface area contributed by atoms with Crippen LogP contribution in [0.15, 0.2) is 60.7 Å². The first-order chi connectivity index (χ1) is 12.6. The number of nitrogens with zero attached hydrogens (tertiary/aromatic N) is 3. The van der Waals surface area contributed by atoms with Crippen molar-refractivity contribution in [3.8, 4) is 11.6 Å². The van der Waals surface area contributed by atoms with E-state index in [9.17, 15) is 4.79 Å². The molecule has 5 nitrogen and oxygen atoms in total. The standard InChI is InChI=1S/C21H23N3O2/c1-4-10-20(25)24(19-14-9-8-11-16(19)2)26-21-15-17(3)22-23(21)18-12-6-5-7-13-18/h5-9,11-15H,4,10H2,1-3H3. The number of rotatable bonds is 6. The van der Waals surface area contributed by atoms with E-state index < -0.39 is 0 Å². The Balaban J connectivity index is 2.00. The maximum Gasteiger partial charge on any atom is 0.260 e. The SMILES string of the molecule is CCCC(=O)N(Oc1cc(C)nn1-c1ccccc1)c1ccccc1C. The summed E-state index contributed by atoms with van der Waals surface area (Å²) in [6.45, 7) is 5.84. The number of benzene rings is 2. The van der Waals surface area contributed by atoms with Gasteiger partial charge in [0.15, 0.2) is 0 Å². The molecule has 0 unspecified atom stereocenters. The first kappa shape index (κ1) is 17.7.